The predicted octanol–water partition coefficient (Wildman–Crippen LogP) is 4.84. The number of hydrogen-bond donors (Lipinski definition) is 0. The van der Waals surface area contributed by atoms with Gasteiger partial charge in [0.25, 0.3) is 0 Å². The molecule has 0 aromatic heterocycles. The molecular formula is C20H22ClNO4. The van der Waals surface area contributed by atoms with Gasteiger partial charge in [0.05, 0.1) is 5.69 Å². The lowest BCUT2D eigenvalue weighted by Crippen LogP contribution is -2.36. The Bertz CT molecular complexity index is 872. The minimum atomic E-state index is -0.605. The second kappa shape index (κ2) is 6.80. The average Bonchev–Trinajstić information content (AvgIpc) is 2.92. The van der Waals surface area contributed by atoms with Crippen molar-refractivity contribution < 1.29 is 19.1 Å². The van der Waals surface area contributed by atoms with Gasteiger partial charge in [-0.15, -0.1) is 11.6 Å². The van der Waals surface area contributed by atoms with Crippen molar-refractivity contribution in [1.82, 2.24) is 0 Å². The number of ether oxygens (including phenoxy) is 2. The molecule has 1 aliphatic heterocycles. The Balaban J connectivity index is 2.17. The number of halogens is 1. The first kappa shape index (κ1) is 18.5. The van der Waals surface area contributed by atoms with E-state index in [-0.39, 0.29) is 5.92 Å². The summed E-state index contributed by atoms with van der Waals surface area (Å²) in [5.41, 5.74) is 1.06. The molecule has 5 nitrogen and oxygen atoms in total. The summed E-state index contributed by atoms with van der Waals surface area (Å²) in [4.78, 5) is 25.8. The van der Waals surface area contributed by atoms with Gasteiger partial charge in [-0.2, -0.15) is 0 Å². The van der Waals surface area contributed by atoms with Crippen molar-refractivity contribution in [1.29, 1.82) is 0 Å². The fourth-order valence-corrected chi connectivity index (χ4v) is 3.52. The van der Waals surface area contributed by atoms with E-state index >= 15 is 0 Å². The smallest absolute Gasteiger partial charge is 0.414 e. The molecule has 1 atom stereocenters. The Labute approximate surface area is 157 Å². The van der Waals surface area contributed by atoms with Crippen LogP contribution in [-0.4, -0.2) is 30.1 Å². The molecule has 0 bridgehead atoms. The van der Waals surface area contributed by atoms with Crippen molar-refractivity contribution >= 4 is 40.1 Å². The number of anilines is 1. The van der Waals surface area contributed by atoms with Gasteiger partial charge in [0, 0.05) is 36.7 Å². The first-order valence-corrected chi connectivity index (χ1v) is 9.05. The van der Waals surface area contributed by atoms with Crippen LogP contribution in [0.3, 0.4) is 0 Å². The van der Waals surface area contributed by atoms with Crippen LogP contribution in [0.4, 0.5) is 10.5 Å². The molecule has 3 rings (SSSR count). The second-order valence-corrected chi connectivity index (χ2v) is 7.70. The summed E-state index contributed by atoms with van der Waals surface area (Å²) in [6.07, 6.45) is -0.435. The third-order valence-corrected chi connectivity index (χ3v) is 4.55. The van der Waals surface area contributed by atoms with Crippen LogP contribution in [0.1, 0.15) is 39.2 Å². The number of nitrogens with zero attached hydrogens (tertiary/aromatic N) is 1. The van der Waals surface area contributed by atoms with Gasteiger partial charge in [-0.05, 0) is 31.7 Å². The van der Waals surface area contributed by atoms with Crippen molar-refractivity contribution in [2.75, 3.05) is 17.3 Å². The van der Waals surface area contributed by atoms with Gasteiger partial charge < -0.3 is 9.47 Å². The highest BCUT2D eigenvalue weighted by molar-refractivity contribution is 6.19. The van der Waals surface area contributed by atoms with E-state index in [4.69, 9.17) is 21.1 Å². The SMILES string of the molecule is CC(=O)Oc1cc2c(c3ccccc13)C(CCl)CN2C(=O)OC(C)(C)C. The van der Waals surface area contributed by atoms with Gasteiger partial charge in [-0.1, -0.05) is 24.3 Å². The molecule has 0 saturated carbocycles. The molecule has 0 N–H and O–H groups in total. The maximum atomic E-state index is 12.7. The summed E-state index contributed by atoms with van der Waals surface area (Å²) < 4.78 is 10.9. The Hall–Kier alpha value is -2.27. The fraction of sp³-hybridized carbons (Fsp3) is 0.400. The topological polar surface area (TPSA) is 55.8 Å². The summed E-state index contributed by atoms with van der Waals surface area (Å²) in [7, 11) is 0. The Morgan fingerprint density at radius 3 is 2.46 bits per heavy atom. The van der Waals surface area contributed by atoms with E-state index in [9.17, 15) is 9.59 Å². The van der Waals surface area contributed by atoms with Crippen LogP contribution in [-0.2, 0) is 9.53 Å². The number of rotatable bonds is 2. The van der Waals surface area contributed by atoms with E-state index in [0.29, 0.717) is 23.9 Å². The summed E-state index contributed by atoms with van der Waals surface area (Å²) in [5, 5.41) is 1.75. The maximum absolute atomic E-state index is 12.7. The third kappa shape index (κ3) is 3.49. The normalized spacial score (nSPS) is 16.5. The van der Waals surface area contributed by atoms with Crippen LogP contribution >= 0.6 is 11.6 Å². The van der Waals surface area contributed by atoms with Crippen LogP contribution in [0, 0.1) is 0 Å². The van der Waals surface area contributed by atoms with Crippen LogP contribution in [0.25, 0.3) is 10.8 Å². The molecule has 2 aromatic carbocycles. The monoisotopic (exact) mass is 375 g/mol. The third-order valence-electron chi connectivity index (χ3n) is 4.18. The number of esters is 1. The zero-order valence-corrected chi connectivity index (χ0v) is 16.1. The van der Waals surface area contributed by atoms with E-state index in [1.54, 1.807) is 11.0 Å². The zero-order chi connectivity index (χ0) is 19.1. The Morgan fingerprint density at radius 1 is 1.23 bits per heavy atom. The molecular weight excluding hydrogens is 354 g/mol. The van der Waals surface area contributed by atoms with Crippen LogP contribution < -0.4 is 9.64 Å². The lowest BCUT2D eigenvalue weighted by Gasteiger charge is -2.25. The zero-order valence-electron chi connectivity index (χ0n) is 15.3. The highest BCUT2D eigenvalue weighted by atomic mass is 35.5. The van der Waals surface area contributed by atoms with E-state index in [1.165, 1.54) is 6.92 Å². The first-order chi connectivity index (χ1) is 12.2. The molecule has 6 heteroatoms. The summed E-state index contributed by atoms with van der Waals surface area (Å²) >= 11 is 6.20. The van der Waals surface area contributed by atoms with E-state index in [0.717, 1.165) is 16.3 Å². The highest BCUT2D eigenvalue weighted by Gasteiger charge is 2.36. The summed E-state index contributed by atoms with van der Waals surface area (Å²) in [5.74, 6) is 0.375. The first-order valence-electron chi connectivity index (χ1n) is 8.52. The van der Waals surface area contributed by atoms with E-state index in [2.05, 4.69) is 0 Å². The van der Waals surface area contributed by atoms with Gasteiger partial charge in [-0.3, -0.25) is 9.69 Å². The molecule has 1 heterocycles. The molecule has 2 aromatic rings. The van der Waals surface area contributed by atoms with Gasteiger partial charge in [-0.25, -0.2) is 4.79 Å². The molecule has 1 amide bonds. The van der Waals surface area contributed by atoms with Crippen molar-refractivity contribution in [3.63, 3.8) is 0 Å². The molecule has 0 radical (unpaired) electrons. The number of hydrogen-bond acceptors (Lipinski definition) is 4. The lowest BCUT2D eigenvalue weighted by atomic mass is 9.95. The number of carbonyl (C=O) groups excluding carboxylic acids is 2. The van der Waals surface area contributed by atoms with E-state index < -0.39 is 17.7 Å². The highest BCUT2D eigenvalue weighted by Crippen LogP contribution is 2.45. The Kier molecular flexibility index (Phi) is 4.84. The summed E-state index contributed by atoms with van der Waals surface area (Å²) in [6.45, 7) is 7.26. The molecule has 1 aliphatic rings. The van der Waals surface area contributed by atoms with Gasteiger partial charge in [0.1, 0.15) is 11.4 Å². The van der Waals surface area contributed by atoms with Crippen LogP contribution in [0.2, 0.25) is 0 Å². The van der Waals surface area contributed by atoms with Crippen molar-refractivity contribution in [2.24, 2.45) is 0 Å². The second-order valence-electron chi connectivity index (χ2n) is 7.39. The Morgan fingerprint density at radius 2 is 1.88 bits per heavy atom. The van der Waals surface area contributed by atoms with Crippen LogP contribution in [0.15, 0.2) is 30.3 Å². The lowest BCUT2D eigenvalue weighted by molar-refractivity contribution is -0.131. The number of amides is 1. The largest absolute Gasteiger partial charge is 0.443 e. The molecule has 1 unspecified atom stereocenters. The summed E-state index contributed by atoms with van der Waals surface area (Å²) in [6, 6.07) is 9.39. The molecule has 138 valence electrons. The maximum Gasteiger partial charge on any atom is 0.414 e. The van der Waals surface area contributed by atoms with E-state index in [1.807, 2.05) is 45.0 Å². The molecule has 0 saturated heterocycles. The van der Waals surface area contributed by atoms with Crippen LogP contribution in [0.5, 0.6) is 5.75 Å². The van der Waals surface area contributed by atoms with Crippen molar-refractivity contribution in [2.45, 2.75) is 39.2 Å². The molecule has 0 spiro atoms. The van der Waals surface area contributed by atoms with Gasteiger partial charge in [0.2, 0.25) is 0 Å². The number of carbonyl (C=O) groups is 2. The number of benzene rings is 2. The van der Waals surface area contributed by atoms with Crippen molar-refractivity contribution in [3.8, 4) is 5.75 Å². The quantitative estimate of drug-likeness (QED) is 0.428. The molecule has 0 aliphatic carbocycles. The predicted molar refractivity (Wildman–Crippen MR) is 102 cm³/mol. The minimum Gasteiger partial charge on any atom is -0.443 e. The minimum absolute atomic E-state index is 0.0181. The average molecular weight is 376 g/mol. The molecule has 0 fully saturated rings. The fourth-order valence-electron chi connectivity index (χ4n) is 3.27. The number of fused-ring (bicyclic) bond motifs is 3. The molecule has 26 heavy (non-hydrogen) atoms. The van der Waals surface area contributed by atoms with Crippen molar-refractivity contribution in [3.05, 3.63) is 35.9 Å². The number of alkyl halides is 1. The standard InChI is InChI=1S/C20H22ClNO4/c1-12(23)25-17-9-16-18(15-8-6-5-7-14(15)17)13(10-21)11-22(16)19(24)26-20(2,3)4/h5-9,13H,10-11H2,1-4H3. The van der Waals surface area contributed by atoms with Gasteiger partial charge >= 0.3 is 12.1 Å². The van der Waals surface area contributed by atoms with Gasteiger partial charge in [0.15, 0.2) is 0 Å².